The Kier molecular flexibility index (Phi) is 5.72. The van der Waals surface area contributed by atoms with Crippen molar-refractivity contribution < 1.29 is 9.18 Å². The molecule has 0 spiro atoms. The molecule has 1 saturated heterocycles. The topological polar surface area (TPSA) is 59.8 Å². The van der Waals surface area contributed by atoms with Gasteiger partial charge in [0, 0.05) is 18.1 Å². The number of hydrogen-bond donors (Lipinski definition) is 1. The third-order valence-electron chi connectivity index (χ3n) is 5.37. The van der Waals surface area contributed by atoms with Crippen molar-refractivity contribution in [3.8, 4) is 22.4 Å². The Hall–Kier alpha value is -2.59. The van der Waals surface area contributed by atoms with E-state index < -0.39 is 8.07 Å². The number of halogens is 1. The summed E-state index contributed by atoms with van der Waals surface area (Å²) >= 11 is 0. The lowest BCUT2D eigenvalue weighted by Gasteiger charge is -2.15. The maximum absolute atomic E-state index is 13.9. The Balaban J connectivity index is 1.52. The molecule has 1 N–H and O–H groups in total. The van der Waals surface area contributed by atoms with Gasteiger partial charge in [-0.3, -0.25) is 4.79 Å². The predicted molar refractivity (Wildman–Crippen MR) is 114 cm³/mol. The summed E-state index contributed by atoms with van der Waals surface area (Å²) in [5, 5.41) is 11.6. The van der Waals surface area contributed by atoms with E-state index in [-0.39, 0.29) is 17.8 Å². The fourth-order valence-electron chi connectivity index (χ4n) is 3.62. The Morgan fingerprint density at radius 3 is 2.66 bits per heavy atom. The average Bonchev–Trinajstić information content (AvgIpc) is 3.39. The molecule has 0 radical (unpaired) electrons. The van der Waals surface area contributed by atoms with Gasteiger partial charge in [-0.1, -0.05) is 48.5 Å². The SMILES string of the molecule is CCC(=O)NP1CCC(n2nncc2-c2ccc(-c3ccc(C)c(F)c3)cc2)C1. The van der Waals surface area contributed by atoms with Crippen molar-refractivity contribution in [2.24, 2.45) is 0 Å². The summed E-state index contributed by atoms with van der Waals surface area (Å²) in [4.78, 5) is 11.7. The highest BCUT2D eigenvalue weighted by atomic mass is 31.1. The molecule has 2 aromatic carbocycles. The summed E-state index contributed by atoms with van der Waals surface area (Å²) in [5.74, 6) is -0.0690. The second kappa shape index (κ2) is 8.42. The van der Waals surface area contributed by atoms with E-state index in [0.29, 0.717) is 12.0 Å². The second-order valence-electron chi connectivity index (χ2n) is 7.38. The van der Waals surface area contributed by atoms with Gasteiger partial charge in [-0.15, -0.1) is 5.10 Å². The molecule has 5 nitrogen and oxygen atoms in total. The molecule has 0 saturated carbocycles. The van der Waals surface area contributed by atoms with E-state index in [1.54, 1.807) is 25.3 Å². The van der Waals surface area contributed by atoms with Crippen LogP contribution in [-0.2, 0) is 4.79 Å². The first-order chi connectivity index (χ1) is 14.0. The number of aromatic nitrogens is 3. The van der Waals surface area contributed by atoms with Gasteiger partial charge in [-0.2, -0.15) is 0 Å². The number of aryl methyl sites for hydroxylation is 1. The molecule has 2 heterocycles. The van der Waals surface area contributed by atoms with Crippen molar-refractivity contribution in [2.75, 3.05) is 12.3 Å². The molecular weight excluding hydrogens is 386 g/mol. The molecule has 0 aliphatic carbocycles. The molecule has 4 rings (SSSR count). The normalized spacial score (nSPS) is 18.7. The van der Waals surface area contributed by atoms with Crippen LogP contribution in [0.3, 0.4) is 0 Å². The Bertz CT molecular complexity index is 1020. The van der Waals surface area contributed by atoms with Crippen molar-refractivity contribution in [3.63, 3.8) is 0 Å². The highest BCUT2D eigenvalue weighted by molar-refractivity contribution is 7.56. The standard InChI is InChI=1S/C22H24FN4OP/c1-3-22(28)25-29-11-10-19(14-29)27-21(13-24-26-27)17-8-6-16(7-9-17)18-5-4-15(2)20(23)12-18/h4-9,12-13,19H,3,10-11,14H2,1-2H3,(H,25,28). The monoisotopic (exact) mass is 410 g/mol. The minimum atomic E-state index is -0.481. The molecule has 7 heteroatoms. The zero-order valence-corrected chi connectivity index (χ0v) is 17.5. The quantitative estimate of drug-likeness (QED) is 0.607. The van der Waals surface area contributed by atoms with E-state index >= 15 is 0 Å². The molecule has 29 heavy (non-hydrogen) atoms. The fraction of sp³-hybridized carbons (Fsp3) is 0.318. The molecular formula is C22H24FN4OP. The van der Waals surface area contributed by atoms with Crippen LogP contribution in [0.25, 0.3) is 22.4 Å². The summed E-state index contributed by atoms with van der Waals surface area (Å²) in [6.45, 7) is 3.64. The van der Waals surface area contributed by atoms with Crippen molar-refractivity contribution in [3.05, 3.63) is 60.0 Å². The van der Waals surface area contributed by atoms with Crippen LogP contribution >= 0.6 is 8.07 Å². The smallest absolute Gasteiger partial charge is 0.222 e. The summed E-state index contributed by atoms with van der Waals surface area (Å²) in [7, 11) is -0.481. The maximum atomic E-state index is 13.9. The number of amides is 1. The third-order valence-corrected chi connectivity index (χ3v) is 7.60. The Labute approximate surface area is 171 Å². The number of rotatable bonds is 5. The van der Waals surface area contributed by atoms with E-state index in [1.807, 2.05) is 41.9 Å². The van der Waals surface area contributed by atoms with Gasteiger partial charge in [0.1, 0.15) is 5.82 Å². The minimum Gasteiger partial charge on any atom is -0.335 e. The zero-order chi connectivity index (χ0) is 20.4. The largest absolute Gasteiger partial charge is 0.335 e. The van der Waals surface area contributed by atoms with Gasteiger partial charge in [0.05, 0.1) is 17.9 Å². The maximum Gasteiger partial charge on any atom is 0.222 e. The molecule has 2 atom stereocenters. The van der Waals surface area contributed by atoms with E-state index in [1.165, 1.54) is 0 Å². The summed E-state index contributed by atoms with van der Waals surface area (Å²) < 4.78 is 15.9. The number of carbonyl (C=O) groups excluding carboxylic acids is 1. The van der Waals surface area contributed by atoms with E-state index in [0.717, 1.165) is 41.1 Å². The van der Waals surface area contributed by atoms with Gasteiger partial charge in [0.2, 0.25) is 5.91 Å². The molecule has 1 fully saturated rings. The van der Waals surface area contributed by atoms with Crippen molar-refractivity contribution in [1.29, 1.82) is 0 Å². The molecule has 2 unspecified atom stereocenters. The summed E-state index contributed by atoms with van der Waals surface area (Å²) in [6, 6.07) is 13.6. The van der Waals surface area contributed by atoms with Crippen molar-refractivity contribution in [1.82, 2.24) is 20.1 Å². The van der Waals surface area contributed by atoms with Crippen LogP contribution in [0.4, 0.5) is 4.39 Å². The minimum absolute atomic E-state index is 0.124. The summed E-state index contributed by atoms with van der Waals surface area (Å²) in [5.41, 5.74) is 4.47. The Morgan fingerprint density at radius 2 is 1.93 bits per heavy atom. The van der Waals surface area contributed by atoms with Crippen LogP contribution in [0.2, 0.25) is 0 Å². The third kappa shape index (κ3) is 4.23. The molecule has 1 aromatic heterocycles. The number of nitrogens with zero attached hydrogens (tertiary/aromatic N) is 3. The van der Waals surface area contributed by atoms with Crippen LogP contribution in [0.15, 0.2) is 48.7 Å². The molecule has 1 amide bonds. The summed E-state index contributed by atoms with van der Waals surface area (Å²) in [6.07, 6.45) is 5.25. The van der Waals surface area contributed by atoms with Crippen molar-refractivity contribution >= 4 is 14.0 Å². The fourth-order valence-corrected chi connectivity index (χ4v) is 5.98. The molecule has 0 bridgehead atoms. The first-order valence-corrected chi connectivity index (χ1v) is 11.6. The first-order valence-electron chi connectivity index (χ1n) is 9.86. The van der Waals surface area contributed by atoms with Gasteiger partial charge < -0.3 is 5.09 Å². The molecule has 1 aliphatic rings. The zero-order valence-electron chi connectivity index (χ0n) is 16.6. The number of nitrogens with one attached hydrogen (secondary N) is 1. The van der Waals surface area contributed by atoms with Crippen LogP contribution < -0.4 is 5.09 Å². The average molecular weight is 410 g/mol. The second-order valence-corrected chi connectivity index (χ2v) is 9.50. The lowest BCUT2D eigenvalue weighted by Crippen LogP contribution is -2.18. The van der Waals surface area contributed by atoms with Gasteiger partial charge in [0.15, 0.2) is 0 Å². The number of hydrogen-bond acceptors (Lipinski definition) is 3. The lowest BCUT2D eigenvalue weighted by molar-refractivity contribution is -0.119. The van der Waals surface area contributed by atoms with Gasteiger partial charge >= 0.3 is 0 Å². The highest BCUT2D eigenvalue weighted by Crippen LogP contribution is 2.45. The molecule has 150 valence electrons. The highest BCUT2D eigenvalue weighted by Gasteiger charge is 2.29. The molecule has 3 aromatic rings. The van der Waals surface area contributed by atoms with Crippen LogP contribution in [0, 0.1) is 12.7 Å². The van der Waals surface area contributed by atoms with Crippen LogP contribution in [0.5, 0.6) is 0 Å². The number of carbonyl (C=O) groups is 1. The van der Waals surface area contributed by atoms with E-state index in [2.05, 4.69) is 15.4 Å². The van der Waals surface area contributed by atoms with Gasteiger partial charge in [-0.05, 0) is 50.3 Å². The van der Waals surface area contributed by atoms with Gasteiger partial charge in [0.25, 0.3) is 0 Å². The van der Waals surface area contributed by atoms with Crippen molar-refractivity contribution in [2.45, 2.75) is 32.7 Å². The van der Waals surface area contributed by atoms with Gasteiger partial charge in [-0.25, -0.2) is 9.07 Å². The van der Waals surface area contributed by atoms with Crippen LogP contribution in [0.1, 0.15) is 31.4 Å². The lowest BCUT2D eigenvalue weighted by atomic mass is 10.0. The Morgan fingerprint density at radius 1 is 1.21 bits per heavy atom. The van der Waals surface area contributed by atoms with E-state index in [9.17, 15) is 9.18 Å². The predicted octanol–water partition coefficient (Wildman–Crippen LogP) is 4.93. The number of benzene rings is 2. The van der Waals surface area contributed by atoms with Crippen LogP contribution in [-0.4, -0.2) is 33.2 Å². The van der Waals surface area contributed by atoms with E-state index in [4.69, 9.17) is 0 Å². The molecule has 1 aliphatic heterocycles. The first kappa shape index (κ1) is 19.7.